The zero-order valence-electron chi connectivity index (χ0n) is 13.8. The molecule has 4 nitrogen and oxygen atoms in total. The smallest absolute Gasteiger partial charge is 0.335 e. The summed E-state index contributed by atoms with van der Waals surface area (Å²) < 4.78 is 11.0. The van der Waals surface area contributed by atoms with Crippen molar-refractivity contribution < 1.29 is 19.4 Å². The number of hydrogen-bond acceptors (Lipinski definition) is 3. The van der Waals surface area contributed by atoms with Crippen LogP contribution in [0.4, 0.5) is 0 Å². The van der Waals surface area contributed by atoms with Crippen molar-refractivity contribution in [2.45, 2.75) is 6.61 Å². The van der Waals surface area contributed by atoms with Crippen LogP contribution in [0.5, 0.6) is 11.5 Å². The van der Waals surface area contributed by atoms with E-state index >= 15 is 0 Å². The van der Waals surface area contributed by atoms with E-state index in [1.165, 1.54) is 13.2 Å². The predicted octanol–water partition coefficient (Wildman–Crippen LogP) is 4.64. The summed E-state index contributed by atoms with van der Waals surface area (Å²) in [5, 5.41) is 9.26. The summed E-state index contributed by atoms with van der Waals surface area (Å²) in [7, 11) is 1.52. The average molecular weight is 334 g/mol. The van der Waals surface area contributed by atoms with Gasteiger partial charge in [0.1, 0.15) is 18.1 Å². The van der Waals surface area contributed by atoms with Crippen LogP contribution in [0.1, 0.15) is 15.9 Å². The first-order valence-corrected chi connectivity index (χ1v) is 7.85. The Bertz CT molecular complexity index is 872. The number of ether oxygens (including phenoxy) is 2. The van der Waals surface area contributed by atoms with Gasteiger partial charge in [0, 0.05) is 0 Å². The lowest BCUT2D eigenvalue weighted by Gasteiger charge is -2.10. The second-order valence-corrected chi connectivity index (χ2v) is 5.56. The highest BCUT2D eigenvalue weighted by molar-refractivity contribution is 5.90. The monoisotopic (exact) mass is 334 g/mol. The summed E-state index contributed by atoms with van der Waals surface area (Å²) in [6.07, 6.45) is 0. The largest absolute Gasteiger partial charge is 0.497 e. The highest BCUT2D eigenvalue weighted by atomic mass is 16.5. The van der Waals surface area contributed by atoms with Gasteiger partial charge in [-0.2, -0.15) is 0 Å². The third kappa shape index (κ3) is 4.18. The molecule has 0 spiro atoms. The van der Waals surface area contributed by atoms with E-state index in [0.29, 0.717) is 12.4 Å². The molecular formula is C21H18O4. The molecule has 0 fully saturated rings. The van der Waals surface area contributed by atoms with Crippen LogP contribution >= 0.6 is 0 Å². The van der Waals surface area contributed by atoms with Crippen LogP contribution < -0.4 is 9.47 Å². The van der Waals surface area contributed by atoms with Gasteiger partial charge in [-0.25, -0.2) is 4.79 Å². The van der Waals surface area contributed by atoms with Crippen LogP contribution in [0.25, 0.3) is 11.1 Å². The van der Waals surface area contributed by atoms with Crippen molar-refractivity contribution in [2.24, 2.45) is 0 Å². The molecule has 0 aliphatic carbocycles. The standard InChI is InChI=1S/C21H18O4/c1-24-20-12-17(10-18(13-20)21(22)23)16-8-5-9-19(11-16)25-14-15-6-3-2-4-7-15/h2-13H,14H2,1H3,(H,22,23). The van der Waals surface area contributed by atoms with Crippen molar-refractivity contribution in [3.8, 4) is 22.6 Å². The highest BCUT2D eigenvalue weighted by Crippen LogP contribution is 2.29. The first-order valence-electron chi connectivity index (χ1n) is 7.85. The lowest BCUT2D eigenvalue weighted by atomic mass is 10.0. The van der Waals surface area contributed by atoms with Crippen LogP contribution in [0.15, 0.2) is 72.8 Å². The summed E-state index contributed by atoms with van der Waals surface area (Å²) in [5.41, 5.74) is 2.90. The van der Waals surface area contributed by atoms with Gasteiger partial charge in [0.2, 0.25) is 0 Å². The van der Waals surface area contributed by atoms with E-state index in [-0.39, 0.29) is 5.56 Å². The summed E-state index contributed by atoms with van der Waals surface area (Å²) >= 11 is 0. The quantitative estimate of drug-likeness (QED) is 0.713. The number of rotatable bonds is 6. The summed E-state index contributed by atoms with van der Waals surface area (Å²) in [4.78, 5) is 11.3. The van der Waals surface area contributed by atoms with Gasteiger partial charge < -0.3 is 14.6 Å². The van der Waals surface area contributed by atoms with Gasteiger partial charge in [-0.05, 0) is 47.0 Å². The molecule has 4 heteroatoms. The predicted molar refractivity (Wildman–Crippen MR) is 96.2 cm³/mol. The molecule has 0 aliphatic heterocycles. The Morgan fingerprint density at radius 2 is 1.64 bits per heavy atom. The molecule has 0 aromatic heterocycles. The second-order valence-electron chi connectivity index (χ2n) is 5.56. The minimum atomic E-state index is -0.989. The summed E-state index contributed by atoms with van der Waals surface area (Å²) in [6, 6.07) is 22.4. The lowest BCUT2D eigenvalue weighted by Crippen LogP contribution is -1.98. The van der Waals surface area contributed by atoms with Gasteiger partial charge >= 0.3 is 5.97 Å². The van der Waals surface area contributed by atoms with Crippen molar-refractivity contribution in [3.05, 3.63) is 83.9 Å². The molecule has 0 atom stereocenters. The second kappa shape index (κ2) is 7.53. The topological polar surface area (TPSA) is 55.8 Å². The lowest BCUT2D eigenvalue weighted by molar-refractivity contribution is 0.0696. The molecule has 3 aromatic rings. The molecule has 25 heavy (non-hydrogen) atoms. The van der Waals surface area contributed by atoms with Crippen molar-refractivity contribution >= 4 is 5.97 Å². The molecule has 126 valence electrons. The van der Waals surface area contributed by atoms with E-state index in [9.17, 15) is 9.90 Å². The fraction of sp³-hybridized carbons (Fsp3) is 0.0952. The number of carboxylic acid groups (broad SMARTS) is 1. The number of aromatic carboxylic acids is 1. The number of hydrogen-bond donors (Lipinski definition) is 1. The summed E-state index contributed by atoms with van der Waals surface area (Å²) in [6.45, 7) is 0.475. The number of carboxylic acids is 1. The van der Waals surface area contributed by atoms with E-state index in [1.54, 1.807) is 6.07 Å². The molecule has 0 aliphatic rings. The Morgan fingerprint density at radius 3 is 2.36 bits per heavy atom. The third-order valence-electron chi connectivity index (χ3n) is 3.80. The maximum Gasteiger partial charge on any atom is 0.335 e. The van der Waals surface area contributed by atoms with Crippen LogP contribution in [-0.2, 0) is 6.61 Å². The maximum atomic E-state index is 11.3. The van der Waals surface area contributed by atoms with Gasteiger partial charge in [0.05, 0.1) is 12.7 Å². The molecule has 0 heterocycles. The molecule has 3 aromatic carbocycles. The minimum Gasteiger partial charge on any atom is -0.497 e. The van der Waals surface area contributed by atoms with Crippen LogP contribution in [0.2, 0.25) is 0 Å². The molecule has 0 bridgehead atoms. The van der Waals surface area contributed by atoms with Crippen molar-refractivity contribution in [1.29, 1.82) is 0 Å². The van der Waals surface area contributed by atoms with Crippen LogP contribution in [-0.4, -0.2) is 18.2 Å². The van der Waals surface area contributed by atoms with E-state index < -0.39 is 5.97 Å². The molecule has 3 rings (SSSR count). The van der Waals surface area contributed by atoms with Crippen molar-refractivity contribution in [2.75, 3.05) is 7.11 Å². The molecular weight excluding hydrogens is 316 g/mol. The van der Waals surface area contributed by atoms with Crippen molar-refractivity contribution in [3.63, 3.8) is 0 Å². The minimum absolute atomic E-state index is 0.185. The van der Waals surface area contributed by atoms with Gasteiger partial charge in [0.15, 0.2) is 0 Å². The Balaban J connectivity index is 1.86. The first-order chi connectivity index (χ1) is 12.2. The third-order valence-corrected chi connectivity index (χ3v) is 3.80. The van der Waals surface area contributed by atoms with Gasteiger partial charge in [0.25, 0.3) is 0 Å². The van der Waals surface area contributed by atoms with Crippen molar-refractivity contribution in [1.82, 2.24) is 0 Å². The molecule has 0 unspecified atom stereocenters. The molecule has 0 radical (unpaired) electrons. The Hall–Kier alpha value is -3.27. The zero-order chi connectivity index (χ0) is 17.6. The maximum absolute atomic E-state index is 11.3. The molecule has 1 N–H and O–H groups in total. The highest BCUT2D eigenvalue weighted by Gasteiger charge is 2.09. The van der Waals surface area contributed by atoms with E-state index in [0.717, 1.165) is 22.4 Å². The number of carbonyl (C=O) groups is 1. The normalized spacial score (nSPS) is 10.3. The van der Waals surface area contributed by atoms with Gasteiger partial charge in [-0.3, -0.25) is 0 Å². The van der Waals surface area contributed by atoms with Gasteiger partial charge in [-0.1, -0.05) is 42.5 Å². The molecule has 0 amide bonds. The number of methoxy groups -OCH3 is 1. The first kappa shape index (κ1) is 16.6. The average Bonchev–Trinajstić information content (AvgIpc) is 2.67. The Morgan fingerprint density at radius 1 is 0.880 bits per heavy atom. The summed E-state index contributed by atoms with van der Waals surface area (Å²) in [5.74, 6) is 0.239. The fourth-order valence-corrected chi connectivity index (χ4v) is 2.51. The fourth-order valence-electron chi connectivity index (χ4n) is 2.51. The van der Waals surface area contributed by atoms with Crippen LogP contribution in [0, 0.1) is 0 Å². The molecule has 0 saturated carbocycles. The SMILES string of the molecule is COc1cc(C(=O)O)cc(-c2cccc(OCc3ccccc3)c2)c1. The van der Waals surface area contributed by atoms with E-state index in [2.05, 4.69) is 0 Å². The Kier molecular flexibility index (Phi) is 5.00. The van der Waals surface area contributed by atoms with Gasteiger partial charge in [-0.15, -0.1) is 0 Å². The number of benzene rings is 3. The van der Waals surface area contributed by atoms with E-state index in [1.807, 2.05) is 60.7 Å². The zero-order valence-corrected chi connectivity index (χ0v) is 13.8. The Labute approximate surface area is 146 Å². The van der Waals surface area contributed by atoms with Crippen LogP contribution in [0.3, 0.4) is 0 Å². The molecule has 0 saturated heterocycles. The van der Waals surface area contributed by atoms with E-state index in [4.69, 9.17) is 9.47 Å².